The Bertz CT molecular complexity index is 1290. The quantitative estimate of drug-likeness (QED) is 0.238. The predicted octanol–water partition coefficient (Wildman–Crippen LogP) is 7.51. The van der Waals surface area contributed by atoms with Crippen LogP contribution < -0.4 is 15.4 Å². The number of amides is 2. The Labute approximate surface area is 232 Å². The highest BCUT2D eigenvalue weighted by Gasteiger charge is 2.12. The predicted molar refractivity (Wildman–Crippen MR) is 150 cm³/mol. The van der Waals surface area contributed by atoms with Gasteiger partial charge in [0.15, 0.2) is 6.61 Å². The number of esters is 1. The monoisotopic (exact) mass is 556 g/mol. The van der Waals surface area contributed by atoms with Crippen LogP contribution in [0, 0.1) is 6.92 Å². The van der Waals surface area contributed by atoms with Gasteiger partial charge in [-0.15, -0.1) is 0 Å². The Hall–Kier alpha value is -3.55. The van der Waals surface area contributed by atoms with E-state index < -0.39 is 18.5 Å². The summed E-state index contributed by atoms with van der Waals surface area (Å²) in [4.78, 5) is 36.2. The smallest absolute Gasteiger partial charge is 0.306 e. The minimum Gasteiger partial charge on any atom is -0.457 e. The molecule has 0 saturated heterocycles. The third kappa shape index (κ3) is 9.08. The van der Waals surface area contributed by atoms with Gasteiger partial charge < -0.3 is 20.1 Å². The molecule has 2 amide bonds. The van der Waals surface area contributed by atoms with E-state index >= 15 is 0 Å². The third-order valence-electron chi connectivity index (χ3n) is 5.51. The van der Waals surface area contributed by atoms with Crippen molar-refractivity contribution in [1.82, 2.24) is 0 Å². The molecule has 38 heavy (non-hydrogen) atoms. The van der Waals surface area contributed by atoms with Gasteiger partial charge in [-0.3, -0.25) is 14.4 Å². The van der Waals surface area contributed by atoms with Crippen molar-refractivity contribution in [1.29, 1.82) is 0 Å². The van der Waals surface area contributed by atoms with Crippen LogP contribution in [0.3, 0.4) is 0 Å². The lowest BCUT2D eigenvalue weighted by Crippen LogP contribution is -2.21. The van der Waals surface area contributed by atoms with Crippen LogP contribution in [0.5, 0.6) is 11.5 Å². The van der Waals surface area contributed by atoms with Crippen LogP contribution in [0.1, 0.15) is 50.2 Å². The summed E-state index contributed by atoms with van der Waals surface area (Å²) in [6.07, 6.45) is 0.409. The number of halogens is 2. The minimum absolute atomic E-state index is 0.00383. The van der Waals surface area contributed by atoms with E-state index in [0.29, 0.717) is 28.1 Å². The van der Waals surface area contributed by atoms with E-state index in [2.05, 4.69) is 36.6 Å². The van der Waals surface area contributed by atoms with Crippen molar-refractivity contribution in [3.05, 3.63) is 81.8 Å². The molecule has 0 unspecified atom stereocenters. The van der Waals surface area contributed by atoms with Gasteiger partial charge in [-0.2, -0.15) is 0 Å². The lowest BCUT2D eigenvalue weighted by atomic mass is 10.0. The number of aryl methyl sites for hydroxylation is 1. The van der Waals surface area contributed by atoms with Gasteiger partial charge in [0.1, 0.15) is 11.5 Å². The average molecular weight is 557 g/mol. The molecule has 0 saturated carbocycles. The second-order valence-corrected chi connectivity index (χ2v) is 9.90. The van der Waals surface area contributed by atoms with Gasteiger partial charge in [0.05, 0.1) is 10.7 Å². The summed E-state index contributed by atoms with van der Waals surface area (Å²) in [6.45, 7) is 5.79. The van der Waals surface area contributed by atoms with Gasteiger partial charge in [0.2, 0.25) is 5.91 Å². The molecule has 0 aromatic heterocycles. The van der Waals surface area contributed by atoms with Crippen LogP contribution in [0.15, 0.2) is 60.7 Å². The van der Waals surface area contributed by atoms with Crippen LogP contribution in [-0.2, 0) is 19.1 Å². The molecular weight excluding hydrogens is 527 g/mol. The lowest BCUT2D eigenvalue weighted by molar-refractivity contribution is -0.147. The first kappa shape index (κ1) is 29.0. The van der Waals surface area contributed by atoms with Gasteiger partial charge in [-0.05, 0) is 78.9 Å². The van der Waals surface area contributed by atoms with Gasteiger partial charge >= 0.3 is 5.97 Å². The highest BCUT2D eigenvalue weighted by molar-refractivity contribution is 6.36. The van der Waals surface area contributed by atoms with Crippen molar-refractivity contribution in [3.63, 3.8) is 0 Å². The first-order valence-electron chi connectivity index (χ1n) is 12.2. The SMILES string of the molecule is Cc1ccc(C(C)C)c(Oc2ccc(NC(=O)CCCC(=O)OCC(=O)Nc3ccc(Cl)cc3Cl)cc2)c1. The largest absolute Gasteiger partial charge is 0.457 e. The van der Waals surface area contributed by atoms with Crippen molar-refractivity contribution < 1.29 is 23.9 Å². The van der Waals surface area contributed by atoms with Crippen molar-refractivity contribution >= 4 is 52.4 Å². The maximum Gasteiger partial charge on any atom is 0.306 e. The molecular formula is C29H30Cl2N2O5. The van der Waals surface area contributed by atoms with E-state index in [0.717, 1.165) is 16.9 Å². The Balaban J connectivity index is 1.38. The van der Waals surface area contributed by atoms with Crippen molar-refractivity contribution in [2.24, 2.45) is 0 Å². The maximum atomic E-state index is 12.3. The van der Waals surface area contributed by atoms with E-state index in [9.17, 15) is 14.4 Å². The normalized spacial score (nSPS) is 10.7. The van der Waals surface area contributed by atoms with Gasteiger partial charge in [-0.25, -0.2) is 0 Å². The van der Waals surface area contributed by atoms with Crippen LogP contribution >= 0.6 is 23.2 Å². The number of ether oxygens (including phenoxy) is 2. The van der Waals surface area contributed by atoms with E-state index in [4.69, 9.17) is 32.7 Å². The molecule has 2 N–H and O–H groups in total. The molecule has 200 valence electrons. The molecule has 0 fully saturated rings. The number of carbonyl (C=O) groups is 3. The third-order valence-corrected chi connectivity index (χ3v) is 6.06. The van der Waals surface area contributed by atoms with Gasteiger partial charge in [-0.1, -0.05) is 49.2 Å². The molecule has 0 aliphatic carbocycles. The van der Waals surface area contributed by atoms with Crippen molar-refractivity contribution in [2.75, 3.05) is 17.2 Å². The molecule has 0 atom stereocenters. The molecule has 0 aliphatic heterocycles. The fourth-order valence-corrected chi connectivity index (χ4v) is 4.01. The molecule has 0 heterocycles. The lowest BCUT2D eigenvalue weighted by Gasteiger charge is -2.15. The first-order valence-corrected chi connectivity index (χ1v) is 12.9. The summed E-state index contributed by atoms with van der Waals surface area (Å²) >= 11 is 11.8. The van der Waals surface area contributed by atoms with Gasteiger partial charge in [0.25, 0.3) is 5.91 Å². The van der Waals surface area contributed by atoms with Crippen molar-refractivity contribution in [2.45, 2.75) is 46.0 Å². The van der Waals surface area contributed by atoms with Crippen molar-refractivity contribution in [3.8, 4) is 11.5 Å². The van der Waals surface area contributed by atoms with Crippen LogP contribution in [0.25, 0.3) is 0 Å². The molecule has 3 aromatic carbocycles. The van der Waals surface area contributed by atoms with Crippen LogP contribution in [0.4, 0.5) is 11.4 Å². The number of hydrogen-bond acceptors (Lipinski definition) is 5. The Morgan fingerprint density at radius 2 is 1.61 bits per heavy atom. The Morgan fingerprint density at radius 1 is 0.868 bits per heavy atom. The fraction of sp³-hybridized carbons (Fsp3) is 0.276. The zero-order valence-electron chi connectivity index (χ0n) is 21.5. The van der Waals surface area contributed by atoms with Crippen LogP contribution in [0.2, 0.25) is 10.0 Å². The Morgan fingerprint density at radius 3 is 2.29 bits per heavy atom. The summed E-state index contributed by atoms with van der Waals surface area (Å²) in [5.41, 5.74) is 3.22. The highest BCUT2D eigenvalue weighted by atomic mass is 35.5. The standard InChI is InChI=1S/C29H30Cl2N2O5/c1-18(2)23-13-7-19(3)15-26(23)38-22-11-9-21(10-12-22)32-27(34)5-4-6-29(36)37-17-28(35)33-25-14-8-20(30)16-24(25)31/h7-16,18H,4-6,17H2,1-3H3,(H,32,34)(H,33,35). The molecule has 3 aromatic rings. The minimum atomic E-state index is -0.575. The summed E-state index contributed by atoms with van der Waals surface area (Å²) in [5.74, 6) is 0.467. The van der Waals surface area contributed by atoms with Gasteiger partial charge in [0, 0.05) is 23.6 Å². The second kappa shape index (κ2) is 13.8. The zero-order chi connectivity index (χ0) is 27.7. The number of nitrogens with one attached hydrogen (secondary N) is 2. The average Bonchev–Trinajstić information content (AvgIpc) is 2.85. The van der Waals surface area contributed by atoms with Crippen LogP contribution in [-0.4, -0.2) is 24.4 Å². The first-order chi connectivity index (χ1) is 18.1. The molecule has 7 nitrogen and oxygen atoms in total. The number of rotatable bonds is 11. The highest BCUT2D eigenvalue weighted by Crippen LogP contribution is 2.32. The number of hydrogen-bond donors (Lipinski definition) is 2. The second-order valence-electron chi connectivity index (χ2n) is 9.06. The summed E-state index contributed by atoms with van der Waals surface area (Å²) in [6, 6.07) is 17.9. The molecule has 0 aliphatic rings. The summed E-state index contributed by atoms with van der Waals surface area (Å²) in [5, 5.41) is 6.05. The Kier molecular flexibility index (Phi) is 10.6. The van der Waals surface area contributed by atoms with E-state index in [1.54, 1.807) is 36.4 Å². The summed E-state index contributed by atoms with van der Waals surface area (Å²) < 4.78 is 11.0. The number of carbonyl (C=O) groups excluding carboxylic acids is 3. The molecule has 0 spiro atoms. The molecule has 3 rings (SSSR count). The maximum absolute atomic E-state index is 12.3. The summed E-state index contributed by atoms with van der Waals surface area (Å²) in [7, 11) is 0. The number of benzene rings is 3. The molecule has 0 bridgehead atoms. The molecule has 0 radical (unpaired) electrons. The number of anilines is 2. The van der Waals surface area contributed by atoms with E-state index in [-0.39, 0.29) is 30.2 Å². The fourth-order valence-electron chi connectivity index (χ4n) is 3.55. The van der Waals surface area contributed by atoms with E-state index in [1.807, 2.05) is 13.0 Å². The zero-order valence-corrected chi connectivity index (χ0v) is 23.0. The topological polar surface area (TPSA) is 93.7 Å². The molecule has 9 heteroatoms. The van der Waals surface area contributed by atoms with E-state index in [1.165, 1.54) is 6.07 Å².